The van der Waals surface area contributed by atoms with Crippen LogP contribution in [0.25, 0.3) is 22.0 Å². The molecule has 3 N–H and O–H groups in total. The van der Waals surface area contributed by atoms with Crippen LogP contribution in [0.5, 0.6) is 0 Å². The monoisotopic (exact) mass is 496 g/mol. The number of hydrogen-bond acceptors (Lipinski definition) is 7. The van der Waals surface area contributed by atoms with Gasteiger partial charge in [0.05, 0.1) is 22.5 Å². The quantitative estimate of drug-likeness (QED) is 0.257. The van der Waals surface area contributed by atoms with Crippen molar-refractivity contribution in [1.29, 1.82) is 0 Å². The summed E-state index contributed by atoms with van der Waals surface area (Å²) in [5.74, 6) is -0.251. The molecule has 0 radical (unpaired) electrons. The zero-order valence-electron chi connectivity index (χ0n) is 19.8. The number of carbonyl (C=O) groups is 1. The van der Waals surface area contributed by atoms with E-state index in [4.69, 9.17) is 0 Å². The highest BCUT2D eigenvalue weighted by Crippen LogP contribution is 2.31. The van der Waals surface area contributed by atoms with Gasteiger partial charge in [-0.3, -0.25) is 19.4 Å². The largest absolute Gasteiger partial charge is 0.381 e. The Labute approximate surface area is 211 Å². The molecule has 0 saturated heterocycles. The van der Waals surface area contributed by atoms with Crippen molar-refractivity contribution in [2.45, 2.75) is 20.4 Å². The number of fused-ring (bicyclic) bond motifs is 1. The van der Waals surface area contributed by atoms with Crippen molar-refractivity contribution in [3.05, 3.63) is 103 Å². The molecule has 0 saturated carbocycles. The second kappa shape index (κ2) is 9.75. The van der Waals surface area contributed by atoms with Gasteiger partial charge in [0, 0.05) is 30.4 Å². The zero-order chi connectivity index (χ0) is 25.2. The number of nitrogens with one attached hydrogen (secondary N) is 3. The average Bonchev–Trinajstić information content (AvgIpc) is 3.37. The van der Waals surface area contributed by atoms with Crippen LogP contribution in [0.3, 0.4) is 0 Å². The van der Waals surface area contributed by atoms with Gasteiger partial charge in [0.25, 0.3) is 5.91 Å². The molecule has 2 heterocycles. The van der Waals surface area contributed by atoms with Crippen molar-refractivity contribution in [3.8, 4) is 11.1 Å². The van der Waals surface area contributed by atoms with Gasteiger partial charge in [0.2, 0.25) is 10.9 Å². The van der Waals surface area contributed by atoms with E-state index in [-0.39, 0.29) is 5.91 Å². The molecule has 0 spiro atoms. The lowest BCUT2D eigenvalue weighted by Gasteiger charge is -2.15. The molecule has 0 unspecified atom stereocenters. The molecule has 7 nitrogen and oxygen atoms in total. The number of rotatable bonds is 8. The number of aryl methyl sites for hydroxylation is 1. The molecule has 5 rings (SSSR count). The molecule has 0 aliphatic heterocycles. The van der Waals surface area contributed by atoms with E-state index in [1.807, 2.05) is 61.7 Å². The molecule has 0 fully saturated rings. The Bertz CT molecular complexity index is 1660. The van der Waals surface area contributed by atoms with Gasteiger partial charge in [-0.15, -0.1) is 11.3 Å². The van der Waals surface area contributed by atoms with Crippen LogP contribution in [0.15, 0.2) is 75.8 Å². The highest BCUT2D eigenvalue weighted by Gasteiger charge is 2.23. The molecule has 5 aromatic rings. The highest BCUT2D eigenvalue weighted by molar-refractivity contribution is 7.12. The van der Waals surface area contributed by atoms with Gasteiger partial charge in [0.1, 0.15) is 4.88 Å². The number of pyridine rings is 1. The zero-order valence-corrected chi connectivity index (χ0v) is 20.7. The number of thiophene rings is 1. The Morgan fingerprint density at radius 2 is 1.83 bits per heavy atom. The minimum atomic E-state index is -0.508. The summed E-state index contributed by atoms with van der Waals surface area (Å²) in [6, 6.07) is 17.2. The van der Waals surface area contributed by atoms with E-state index in [2.05, 4.69) is 20.9 Å². The summed E-state index contributed by atoms with van der Waals surface area (Å²) < 4.78 is 0. The topological polar surface area (TPSA) is 100 Å². The smallest absolute Gasteiger partial charge is 0.267 e. The summed E-state index contributed by atoms with van der Waals surface area (Å²) in [6.45, 7) is 4.83. The van der Waals surface area contributed by atoms with E-state index in [1.54, 1.807) is 18.3 Å². The van der Waals surface area contributed by atoms with Gasteiger partial charge in [-0.2, -0.15) is 0 Å². The van der Waals surface area contributed by atoms with Gasteiger partial charge >= 0.3 is 0 Å². The van der Waals surface area contributed by atoms with Crippen molar-refractivity contribution in [1.82, 2.24) is 4.98 Å². The number of amides is 1. The van der Waals surface area contributed by atoms with Gasteiger partial charge in [-0.25, -0.2) is 0 Å². The van der Waals surface area contributed by atoms with E-state index in [0.29, 0.717) is 40.5 Å². The molecule has 0 atom stereocenters. The molecule has 0 bridgehead atoms. The fourth-order valence-electron chi connectivity index (χ4n) is 4.27. The standard InChI is InChI=1S/C28H24N4O3S/c1-3-29-24-23(25(33)26(24)34)20-14-18(9-8-16(20)2)32-28(35)27-22(11-13-36-27)31-15-17-10-12-30-21-7-5-4-6-19(17)21/h4-14,29,31H,3,15H2,1-2H3,(H,32,35). The van der Waals surface area contributed by atoms with Crippen LogP contribution in [0, 0.1) is 6.92 Å². The van der Waals surface area contributed by atoms with Crippen molar-refractivity contribution in [2.75, 3.05) is 22.5 Å². The van der Waals surface area contributed by atoms with Crippen molar-refractivity contribution in [3.63, 3.8) is 0 Å². The van der Waals surface area contributed by atoms with Crippen LogP contribution >= 0.6 is 11.3 Å². The first-order chi connectivity index (χ1) is 17.5. The Morgan fingerprint density at radius 1 is 1.00 bits per heavy atom. The second-order valence-corrected chi connectivity index (χ2v) is 9.34. The third-order valence-electron chi connectivity index (χ3n) is 6.11. The number of nitrogens with zero attached hydrogens (tertiary/aromatic N) is 1. The van der Waals surface area contributed by atoms with Crippen LogP contribution in [0.4, 0.5) is 17.1 Å². The molecule has 180 valence electrons. The normalized spacial score (nSPS) is 11.1. The number of para-hydroxylation sites is 1. The summed E-state index contributed by atoms with van der Waals surface area (Å²) in [4.78, 5) is 42.4. The van der Waals surface area contributed by atoms with Crippen LogP contribution in [-0.2, 0) is 6.54 Å². The van der Waals surface area contributed by atoms with E-state index >= 15 is 0 Å². The lowest BCUT2D eigenvalue weighted by molar-refractivity contribution is 0.103. The molecule has 2 aromatic heterocycles. The molecule has 8 heteroatoms. The third-order valence-corrected chi connectivity index (χ3v) is 7.02. The first-order valence-electron chi connectivity index (χ1n) is 11.6. The SMILES string of the molecule is CCNc1c(-c2cc(NC(=O)c3sccc3NCc3ccnc4ccccc34)ccc2C)c(=O)c1=O. The molecule has 36 heavy (non-hydrogen) atoms. The number of hydrogen-bond donors (Lipinski definition) is 3. The van der Waals surface area contributed by atoms with Gasteiger partial charge in [-0.1, -0.05) is 24.3 Å². The molecule has 1 amide bonds. The van der Waals surface area contributed by atoms with Crippen LogP contribution in [-0.4, -0.2) is 17.4 Å². The lowest BCUT2D eigenvalue weighted by Crippen LogP contribution is -2.36. The van der Waals surface area contributed by atoms with Crippen LogP contribution < -0.4 is 26.8 Å². The number of aromatic nitrogens is 1. The van der Waals surface area contributed by atoms with Gasteiger partial charge < -0.3 is 16.0 Å². The maximum absolute atomic E-state index is 13.2. The molecule has 0 aliphatic carbocycles. The Hall–Kier alpha value is -4.30. The fourth-order valence-corrected chi connectivity index (χ4v) is 5.04. The average molecular weight is 497 g/mol. The number of benzene rings is 2. The summed E-state index contributed by atoms with van der Waals surface area (Å²) in [6.07, 6.45) is 1.78. The van der Waals surface area contributed by atoms with Gasteiger partial charge in [0.15, 0.2) is 0 Å². The minimum Gasteiger partial charge on any atom is -0.381 e. The Kier molecular flexibility index (Phi) is 6.35. The van der Waals surface area contributed by atoms with Crippen LogP contribution in [0.1, 0.15) is 27.7 Å². The van der Waals surface area contributed by atoms with Crippen LogP contribution in [0.2, 0.25) is 0 Å². The molecular weight excluding hydrogens is 472 g/mol. The molecule has 0 aliphatic rings. The number of carbonyl (C=O) groups excluding carboxylic acids is 1. The Morgan fingerprint density at radius 3 is 2.67 bits per heavy atom. The summed E-state index contributed by atoms with van der Waals surface area (Å²) in [5, 5.41) is 12.2. The molecular formula is C28H24N4O3S. The maximum Gasteiger partial charge on any atom is 0.267 e. The number of anilines is 3. The van der Waals surface area contributed by atoms with Crippen molar-refractivity contribution < 1.29 is 4.79 Å². The summed E-state index contributed by atoms with van der Waals surface area (Å²) in [5.41, 5.74) is 4.49. The highest BCUT2D eigenvalue weighted by atomic mass is 32.1. The summed E-state index contributed by atoms with van der Waals surface area (Å²) in [7, 11) is 0. The van der Waals surface area contributed by atoms with Gasteiger partial charge in [-0.05, 0) is 66.2 Å². The maximum atomic E-state index is 13.2. The van der Waals surface area contributed by atoms with E-state index in [9.17, 15) is 14.4 Å². The Balaban J connectivity index is 1.35. The predicted molar refractivity (Wildman–Crippen MR) is 147 cm³/mol. The fraction of sp³-hybridized carbons (Fsp3) is 0.143. The minimum absolute atomic E-state index is 0.251. The van der Waals surface area contributed by atoms with E-state index < -0.39 is 10.9 Å². The predicted octanol–water partition coefficient (Wildman–Crippen LogP) is 5.16. The van der Waals surface area contributed by atoms with Crippen molar-refractivity contribution >= 4 is 45.2 Å². The van der Waals surface area contributed by atoms with E-state index in [0.717, 1.165) is 27.7 Å². The first-order valence-corrected chi connectivity index (χ1v) is 12.5. The van der Waals surface area contributed by atoms with E-state index in [1.165, 1.54) is 11.3 Å². The second-order valence-electron chi connectivity index (χ2n) is 8.43. The third kappa shape index (κ3) is 4.27. The summed E-state index contributed by atoms with van der Waals surface area (Å²) >= 11 is 1.35. The first kappa shape index (κ1) is 23.4. The lowest BCUT2D eigenvalue weighted by atomic mass is 9.94. The van der Waals surface area contributed by atoms with Crippen molar-refractivity contribution in [2.24, 2.45) is 0 Å². The molecule has 3 aromatic carbocycles.